The first-order chi connectivity index (χ1) is 16.7. The maximum atomic E-state index is 13.3. The molecule has 3 aromatic carbocycles. The molecule has 1 unspecified atom stereocenters. The third-order valence-corrected chi connectivity index (χ3v) is 5.98. The molecule has 0 saturated heterocycles. The van der Waals surface area contributed by atoms with E-state index in [9.17, 15) is 23.1 Å². The zero-order valence-corrected chi connectivity index (χ0v) is 18.6. The summed E-state index contributed by atoms with van der Waals surface area (Å²) in [6.07, 6.45) is -2.79. The first-order valence-corrected chi connectivity index (χ1v) is 10.9. The number of hydrogen-bond donors (Lipinski definition) is 2. The third-order valence-electron chi connectivity index (χ3n) is 5.98. The number of nitrogens with one attached hydrogen (secondary N) is 1. The summed E-state index contributed by atoms with van der Waals surface area (Å²) in [4.78, 5) is 13.3. The number of carbonyl (C=O) groups is 1. The van der Waals surface area contributed by atoms with Crippen molar-refractivity contribution < 1.29 is 23.1 Å². The van der Waals surface area contributed by atoms with Gasteiger partial charge in [0, 0.05) is 11.3 Å². The average Bonchev–Trinajstić information content (AvgIpc) is 3.43. The van der Waals surface area contributed by atoms with E-state index < -0.39 is 30.4 Å². The first kappa shape index (κ1) is 22.5. The summed E-state index contributed by atoms with van der Waals surface area (Å²) in [6.45, 7) is 1.06. The van der Waals surface area contributed by atoms with Gasteiger partial charge in [-0.1, -0.05) is 54.6 Å². The van der Waals surface area contributed by atoms with Crippen LogP contribution in [0, 0.1) is 6.92 Å². The van der Waals surface area contributed by atoms with Crippen molar-refractivity contribution in [3.8, 4) is 5.75 Å². The number of amides is 1. The molecule has 6 nitrogen and oxygen atoms in total. The van der Waals surface area contributed by atoms with Crippen LogP contribution < -0.4 is 5.43 Å². The van der Waals surface area contributed by atoms with Gasteiger partial charge in [0.05, 0.1) is 5.70 Å². The van der Waals surface area contributed by atoms with Gasteiger partial charge in [-0.3, -0.25) is 14.9 Å². The molecule has 1 aliphatic heterocycles. The number of hydrogen-bond acceptors (Lipinski definition) is 4. The fourth-order valence-corrected chi connectivity index (χ4v) is 4.18. The largest absolute Gasteiger partial charge is 0.508 e. The van der Waals surface area contributed by atoms with E-state index in [2.05, 4.69) is 10.5 Å². The number of halogens is 3. The number of alkyl halides is 3. The van der Waals surface area contributed by atoms with Crippen LogP contribution in [0.4, 0.5) is 13.2 Å². The number of rotatable bonds is 4. The van der Waals surface area contributed by atoms with Crippen molar-refractivity contribution in [1.82, 2.24) is 20.2 Å². The SMILES string of the molecule is Cc1cc(C(F)(F)F)nn1CC(=O)N1NC(c2ccc3ccccc3c2)=CC1c1ccccc1O. The fraction of sp³-hybridized carbons (Fsp3) is 0.154. The van der Waals surface area contributed by atoms with Gasteiger partial charge in [-0.25, -0.2) is 5.01 Å². The molecule has 1 atom stereocenters. The maximum absolute atomic E-state index is 13.3. The summed E-state index contributed by atoms with van der Waals surface area (Å²) in [5.74, 6) is -0.507. The molecule has 4 aromatic rings. The lowest BCUT2D eigenvalue weighted by atomic mass is 10.0. The minimum Gasteiger partial charge on any atom is -0.508 e. The van der Waals surface area contributed by atoms with Crippen molar-refractivity contribution in [2.75, 3.05) is 0 Å². The molecule has 2 heterocycles. The minimum atomic E-state index is -4.60. The highest BCUT2D eigenvalue weighted by molar-refractivity contribution is 5.87. The molecule has 1 amide bonds. The lowest BCUT2D eigenvalue weighted by Gasteiger charge is -2.26. The molecule has 0 radical (unpaired) electrons. The lowest BCUT2D eigenvalue weighted by molar-refractivity contribution is -0.142. The molecule has 1 aromatic heterocycles. The van der Waals surface area contributed by atoms with Gasteiger partial charge < -0.3 is 5.11 Å². The lowest BCUT2D eigenvalue weighted by Crippen LogP contribution is -2.41. The Hall–Kier alpha value is -4.27. The van der Waals surface area contributed by atoms with Crippen LogP contribution in [0.5, 0.6) is 5.75 Å². The van der Waals surface area contributed by atoms with E-state index in [0.717, 1.165) is 27.1 Å². The van der Waals surface area contributed by atoms with Crippen LogP contribution in [0.1, 0.15) is 28.6 Å². The van der Waals surface area contributed by atoms with Gasteiger partial charge in [0.15, 0.2) is 5.69 Å². The smallest absolute Gasteiger partial charge is 0.435 e. The number of fused-ring (bicyclic) bond motifs is 1. The number of nitrogens with zero attached hydrogens (tertiary/aromatic N) is 3. The topological polar surface area (TPSA) is 70.4 Å². The normalized spacial score (nSPS) is 15.8. The standard InChI is InChI=1S/C26H21F3N4O2/c1-16-12-24(26(27,28)29)31-32(16)15-25(35)33-22(20-8-4-5-9-23(20)34)14-21(30-33)19-11-10-17-6-2-3-7-18(17)13-19/h2-14,22,30,34H,15H2,1H3. The van der Waals surface area contributed by atoms with Crippen LogP contribution >= 0.6 is 0 Å². The second-order valence-electron chi connectivity index (χ2n) is 8.35. The van der Waals surface area contributed by atoms with E-state index in [-0.39, 0.29) is 11.4 Å². The fourth-order valence-electron chi connectivity index (χ4n) is 4.18. The Labute approximate surface area is 198 Å². The van der Waals surface area contributed by atoms with Crippen molar-refractivity contribution in [2.24, 2.45) is 0 Å². The van der Waals surface area contributed by atoms with Crippen molar-refractivity contribution in [1.29, 1.82) is 0 Å². The zero-order valence-electron chi connectivity index (χ0n) is 18.6. The van der Waals surface area contributed by atoms with Crippen molar-refractivity contribution in [2.45, 2.75) is 25.7 Å². The number of benzene rings is 3. The molecule has 35 heavy (non-hydrogen) atoms. The van der Waals surface area contributed by atoms with Gasteiger partial charge in [-0.05, 0) is 47.5 Å². The first-order valence-electron chi connectivity index (χ1n) is 10.9. The van der Waals surface area contributed by atoms with Gasteiger partial charge in [-0.2, -0.15) is 18.3 Å². The molecular formula is C26H21F3N4O2. The number of aromatic hydroxyl groups is 1. The van der Waals surface area contributed by atoms with E-state index in [1.54, 1.807) is 18.2 Å². The molecule has 0 saturated carbocycles. The van der Waals surface area contributed by atoms with E-state index in [0.29, 0.717) is 11.3 Å². The summed E-state index contributed by atoms with van der Waals surface area (Å²) >= 11 is 0. The molecular weight excluding hydrogens is 457 g/mol. The number of aryl methyl sites for hydroxylation is 1. The molecule has 0 aliphatic carbocycles. The van der Waals surface area contributed by atoms with Gasteiger partial charge in [0.1, 0.15) is 18.3 Å². The number of phenols is 1. The molecule has 0 spiro atoms. The Morgan fingerprint density at radius 3 is 2.46 bits per heavy atom. The second kappa shape index (κ2) is 8.50. The Morgan fingerprint density at radius 1 is 1.03 bits per heavy atom. The zero-order chi connectivity index (χ0) is 24.7. The average molecular weight is 478 g/mol. The van der Waals surface area contributed by atoms with Crippen LogP contribution in [-0.2, 0) is 17.5 Å². The molecule has 178 valence electrons. The highest BCUT2D eigenvalue weighted by atomic mass is 19.4. The number of para-hydroxylation sites is 1. The van der Waals surface area contributed by atoms with Gasteiger partial charge >= 0.3 is 6.18 Å². The van der Waals surface area contributed by atoms with Crippen LogP contribution in [0.3, 0.4) is 0 Å². The van der Waals surface area contributed by atoms with Crippen LogP contribution in [0.2, 0.25) is 0 Å². The number of aromatic nitrogens is 2. The number of carbonyl (C=O) groups excluding carboxylic acids is 1. The van der Waals surface area contributed by atoms with Gasteiger partial charge in [-0.15, -0.1) is 0 Å². The van der Waals surface area contributed by atoms with Crippen molar-refractivity contribution in [3.63, 3.8) is 0 Å². The summed E-state index contributed by atoms with van der Waals surface area (Å²) in [5.41, 5.74) is 4.21. The quantitative estimate of drug-likeness (QED) is 0.423. The monoisotopic (exact) mass is 478 g/mol. The van der Waals surface area contributed by atoms with Gasteiger partial charge in [0.25, 0.3) is 5.91 Å². The summed E-state index contributed by atoms with van der Waals surface area (Å²) < 4.78 is 40.3. The highest BCUT2D eigenvalue weighted by Gasteiger charge is 2.36. The van der Waals surface area contributed by atoms with Crippen molar-refractivity contribution in [3.05, 3.63) is 101 Å². The third kappa shape index (κ3) is 4.32. The van der Waals surface area contributed by atoms with Crippen LogP contribution in [-0.4, -0.2) is 25.8 Å². The number of phenolic OH excluding ortho intramolecular Hbond substituents is 1. The van der Waals surface area contributed by atoms with Gasteiger partial charge in [0.2, 0.25) is 0 Å². The summed E-state index contributed by atoms with van der Waals surface area (Å²) in [5, 5.41) is 17.4. The van der Waals surface area contributed by atoms with E-state index in [1.165, 1.54) is 18.0 Å². The van der Waals surface area contributed by atoms with Crippen LogP contribution in [0.25, 0.3) is 16.5 Å². The Balaban J connectivity index is 1.49. The highest BCUT2D eigenvalue weighted by Crippen LogP contribution is 2.36. The summed E-state index contributed by atoms with van der Waals surface area (Å²) in [6, 6.07) is 20.6. The molecule has 0 bridgehead atoms. The predicted molar refractivity (Wildman–Crippen MR) is 125 cm³/mol. The number of hydrazine groups is 1. The van der Waals surface area contributed by atoms with E-state index >= 15 is 0 Å². The molecule has 0 fully saturated rings. The Morgan fingerprint density at radius 2 is 1.74 bits per heavy atom. The molecule has 9 heteroatoms. The molecule has 5 rings (SSSR count). The minimum absolute atomic E-state index is 0.00254. The summed E-state index contributed by atoms with van der Waals surface area (Å²) in [7, 11) is 0. The predicted octanol–water partition coefficient (Wildman–Crippen LogP) is 5.20. The van der Waals surface area contributed by atoms with Crippen LogP contribution in [0.15, 0.2) is 78.9 Å². The maximum Gasteiger partial charge on any atom is 0.435 e. The van der Waals surface area contributed by atoms with Crippen molar-refractivity contribution >= 4 is 22.4 Å². The second-order valence-corrected chi connectivity index (χ2v) is 8.35. The Bertz CT molecular complexity index is 1460. The molecule has 2 N–H and O–H groups in total. The Kier molecular flexibility index (Phi) is 5.47. The van der Waals surface area contributed by atoms with E-state index in [4.69, 9.17) is 0 Å². The van der Waals surface area contributed by atoms with E-state index in [1.807, 2.05) is 48.5 Å². The molecule has 1 aliphatic rings.